The Morgan fingerprint density at radius 3 is 2.29 bits per heavy atom. The maximum absolute atomic E-state index is 12.9. The summed E-state index contributed by atoms with van der Waals surface area (Å²) in [5.41, 5.74) is 4.60. The largest absolute Gasteiger partial charge is 0.505 e. The van der Waals surface area contributed by atoms with Crippen LogP contribution in [0.5, 0.6) is 5.75 Å². The normalized spacial score (nSPS) is 12.0. The average molecular weight is 228 g/mol. The highest BCUT2D eigenvalue weighted by Gasteiger charge is 2.18. The lowest BCUT2D eigenvalue weighted by Crippen LogP contribution is -2.14. The third kappa shape index (κ3) is 2.30. The topological polar surface area (TPSA) is 46.2 Å². The first-order valence-corrected chi connectivity index (χ1v) is 3.56. The zero-order chi connectivity index (χ0) is 10.0. The van der Waals surface area contributed by atoms with Crippen LogP contribution in [-0.2, 0) is 0 Å². The average Bonchev–Trinajstić information content (AvgIpc) is 2.12. The predicted octanol–water partition coefficient (Wildman–Crippen LogP) is 2.06. The molecule has 0 spiro atoms. The molecule has 0 aliphatic rings. The van der Waals surface area contributed by atoms with E-state index in [0.29, 0.717) is 0 Å². The van der Waals surface area contributed by atoms with Crippen molar-refractivity contribution in [2.75, 3.05) is 6.67 Å². The van der Waals surface area contributed by atoms with Gasteiger partial charge in [-0.1, -0.05) is 0 Å². The number of rotatable bonds is 2. The Kier molecular flexibility index (Phi) is 4.73. The first-order chi connectivity index (χ1) is 6.07. The van der Waals surface area contributed by atoms with Crippen molar-refractivity contribution in [3.63, 3.8) is 0 Å². The smallest absolute Gasteiger partial charge is 0.165 e. The number of hydrogen-bond donors (Lipinski definition) is 2. The molecule has 14 heavy (non-hydrogen) atoms. The summed E-state index contributed by atoms with van der Waals surface area (Å²) in [7, 11) is 0. The van der Waals surface area contributed by atoms with Gasteiger partial charge in [0.2, 0.25) is 0 Å². The Morgan fingerprint density at radius 1 is 1.29 bits per heavy atom. The number of alkyl halides is 1. The summed E-state index contributed by atoms with van der Waals surface area (Å²) in [5.74, 6) is -2.85. The molecule has 6 heteroatoms. The van der Waals surface area contributed by atoms with Gasteiger partial charge in [-0.2, -0.15) is 0 Å². The molecular formula is C8H9ClF3NO. The second-order valence-corrected chi connectivity index (χ2v) is 2.55. The molecule has 0 saturated carbocycles. The minimum Gasteiger partial charge on any atom is -0.505 e. The Bertz CT molecular complexity index is 322. The highest BCUT2D eigenvalue weighted by molar-refractivity contribution is 5.85. The molecule has 80 valence electrons. The highest BCUT2D eigenvalue weighted by atomic mass is 35.5. The number of hydrogen-bond acceptors (Lipinski definition) is 2. The van der Waals surface area contributed by atoms with Crippen molar-refractivity contribution in [3.8, 4) is 5.75 Å². The fraction of sp³-hybridized carbons (Fsp3) is 0.250. The molecule has 0 unspecified atom stereocenters. The van der Waals surface area contributed by atoms with E-state index in [-0.39, 0.29) is 12.4 Å². The quantitative estimate of drug-likeness (QED) is 0.813. The molecule has 2 nitrogen and oxygen atoms in total. The van der Waals surface area contributed by atoms with Crippen molar-refractivity contribution in [3.05, 3.63) is 29.3 Å². The molecule has 0 bridgehead atoms. The molecule has 0 aliphatic heterocycles. The number of halogens is 4. The van der Waals surface area contributed by atoms with Gasteiger partial charge >= 0.3 is 0 Å². The summed E-state index contributed by atoms with van der Waals surface area (Å²) < 4.78 is 37.6. The number of nitrogens with two attached hydrogens (primary N) is 1. The van der Waals surface area contributed by atoms with E-state index in [4.69, 9.17) is 10.8 Å². The fourth-order valence-corrected chi connectivity index (χ4v) is 0.987. The van der Waals surface area contributed by atoms with Gasteiger partial charge in [0.05, 0.1) is 11.6 Å². The van der Waals surface area contributed by atoms with Crippen LogP contribution < -0.4 is 5.73 Å². The lowest BCUT2D eigenvalue weighted by atomic mass is 10.1. The lowest BCUT2D eigenvalue weighted by molar-refractivity contribution is 0.383. The van der Waals surface area contributed by atoms with Crippen LogP contribution in [0.1, 0.15) is 11.6 Å². The fourth-order valence-electron chi connectivity index (χ4n) is 0.987. The molecule has 0 aromatic heterocycles. The SMILES string of the molecule is Cl.N[C@H](CF)c1c(F)ccc(F)c1O. The monoisotopic (exact) mass is 227 g/mol. The summed E-state index contributed by atoms with van der Waals surface area (Å²) in [6.07, 6.45) is 0. The van der Waals surface area contributed by atoms with E-state index in [1.165, 1.54) is 0 Å². The molecule has 0 saturated heterocycles. The van der Waals surface area contributed by atoms with Gasteiger partial charge in [-0.15, -0.1) is 12.4 Å². The van der Waals surface area contributed by atoms with Gasteiger partial charge in [0, 0.05) is 0 Å². The van der Waals surface area contributed by atoms with Crippen molar-refractivity contribution < 1.29 is 18.3 Å². The van der Waals surface area contributed by atoms with E-state index in [9.17, 15) is 13.2 Å². The maximum Gasteiger partial charge on any atom is 0.165 e. The van der Waals surface area contributed by atoms with E-state index in [0.717, 1.165) is 12.1 Å². The molecule has 1 aromatic rings. The van der Waals surface area contributed by atoms with E-state index >= 15 is 0 Å². The Labute approximate surface area is 84.9 Å². The minimum absolute atomic E-state index is 0. The van der Waals surface area contributed by atoms with Gasteiger partial charge in [0.25, 0.3) is 0 Å². The standard InChI is InChI=1S/C8H8F3NO.ClH/c9-3-6(12)7-4(10)1-2-5(11)8(7)13;/h1-2,6,13H,3,12H2;1H/t6-;/m1./s1. The van der Waals surface area contributed by atoms with Crippen LogP contribution >= 0.6 is 12.4 Å². The van der Waals surface area contributed by atoms with E-state index in [1.54, 1.807) is 0 Å². The van der Waals surface area contributed by atoms with E-state index in [2.05, 4.69) is 0 Å². The summed E-state index contributed by atoms with van der Waals surface area (Å²) >= 11 is 0. The summed E-state index contributed by atoms with van der Waals surface area (Å²) in [5, 5.41) is 9.02. The van der Waals surface area contributed by atoms with Crippen molar-refractivity contribution in [2.45, 2.75) is 6.04 Å². The lowest BCUT2D eigenvalue weighted by Gasteiger charge is -2.10. The Balaban J connectivity index is 0.00000169. The van der Waals surface area contributed by atoms with Gasteiger partial charge < -0.3 is 10.8 Å². The summed E-state index contributed by atoms with van der Waals surface area (Å²) in [4.78, 5) is 0. The number of aromatic hydroxyl groups is 1. The van der Waals surface area contributed by atoms with E-state index < -0.39 is 35.7 Å². The van der Waals surface area contributed by atoms with Crippen LogP contribution in [0.4, 0.5) is 13.2 Å². The van der Waals surface area contributed by atoms with Gasteiger partial charge in [0.1, 0.15) is 12.5 Å². The minimum atomic E-state index is -1.34. The predicted molar refractivity (Wildman–Crippen MR) is 48.2 cm³/mol. The molecule has 3 N–H and O–H groups in total. The molecule has 1 rings (SSSR count). The van der Waals surface area contributed by atoms with Crippen LogP contribution in [0.25, 0.3) is 0 Å². The zero-order valence-electron chi connectivity index (χ0n) is 7.01. The first kappa shape index (κ1) is 13.1. The van der Waals surface area contributed by atoms with Crippen molar-refractivity contribution in [2.24, 2.45) is 5.73 Å². The van der Waals surface area contributed by atoms with Crippen LogP contribution in [0, 0.1) is 11.6 Å². The van der Waals surface area contributed by atoms with Crippen molar-refractivity contribution >= 4 is 12.4 Å². The molecule has 0 heterocycles. The molecule has 0 amide bonds. The van der Waals surface area contributed by atoms with Crippen molar-refractivity contribution in [1.29, 1.82) is 0 Å². The van der Waals surface area contributed by atoms with Crippen LogP contribution in [-0.4, -0.2) is 11.8 Å². The van der Waals surface area contributed by atoms with Gasteiger partial charge in [-0.25, -0.2) is 13.2 Å². The highest BCUT2D eigenvalue weighted by Crippen LogP contribution is 2.28. The number of phenolic OH excluding ortho intramolecular Hbond substituents is 1. The van der Waals surface area contributed by atoms with Gasteiger partial charge in [0.15, 0.2) is 11.6 Å². The Morgan fingerprint density at radius 2 is 1.79 bits per heavy atom. The molecule has 0 aliphatic carbocycles. The van der Waals surface area contributed by atoms with Crippen LogP contribution in [0.2, 0.25) is 0 Å². The second-order valence-electron chi connectivity index (χ2n) is 2.55. The van der Waals surface area contributed by atoms with Gasteiger partial charge in [-0.05, 0) is 12.1 Å². The first-order valence-electron chi connectivity index (χ1n) is 3.56. The Hall–Kier alpha value is -0.940. The summed E-state index contributed by atoms with van der Waals surface area (Å²) in [6.45, 7) is -1.06. The van der Waals surface area contributed by atoms with E-state index in [1.807, 2.05) is 0 Å². The molecular weight excluding hydrogens is 219 g/mol. The molecule has 1 atom stereocenters. The number of benzene rings is 1. The summed E-state index contributed by atoms with van der Waals surface area (Å²) in [6, 6.07) is 0.203. The maximum atomic E-state index is 12.9. The van der Waals surface area contributed by atoms with Crippen LogP contribution in [0.3, 0.4) is 0 Å². The third-order valence-electron chi connectivity index (χ3n) is 1.65. The molecule has 0 radical (unpaired) electrons. The molecule has 0 fully saturated rings. The second kappa shape index (κ2) is 5.07. The van der Waals surface area contributed by atoms with Crippen LogP contribution in [0.15, 0.2) is 12.1 Å². The van der Waals surface area contributed by atoms with Gasteiger partial charge in [-0.3, -0.25) is 0 Å². The molecule has 1 aromatic carbocycles. The third-order valence-corrected chi connectivity index (χ3v) is 1.65. The zero-order valence-corrected chi connectivity index (χ0v) is 7.82. The number of phenols is 1. The van der Waals surface area contributed by atoms with Crippen molar-refractivity contribution in [1.82, 2.24) is 0 Å².